The highest BCUT2D eigenvalue weighted by atomic mass is 35.5. The summed E-state index contributed by atoms with van der Waals surface area (Å²) < 4.78 is 4.70. The van der Waals surface area contributed by atoms with E-state index in [-0.39, 0.29) is 11.1 Å². The van der Waals surface area contributed by atoms with Gasteiger partial charge in [-0.25, -0.2) is 9.59 Å². The number of benzene rings is 2. The van der Waals surface area contributed by atoms with Crippen LogP contribution in [0.4, 0.5) is 0 Å². The lowest BCUT2D eigenvalue weighted by Gasteiger charge is -2.09. The molecule has 4 nitrogen and oxygen atoms in total. The van der Waals surface area contributed by atoms with Crippen LogP contribution < -0.4 is 0 Å². The highest BCUT2D eigenvalue weighted by molar-refractivity contribution is 7.99. The molecule has 0 aliphatic heterocycles. The number of hydrogen-bond donors (Lipinski definition) is 1. The van der Waals surface area contributed by atoms with Crippen molar-refractivity contribution >= 4 is 35.3 Å². The van der Waals surface area contributed by atoms with Crippen LogP contribution in [0.2, 0.25) is 5.02 Å². The minimum absolute atomic E-state index is 0.0378. The van der Waals surface area contributed by atoms with Gasteiger partial charge in [0.2, 0.25) is 0 Å². The third-order valence-electron chi connectivity index (χ3n) is 2.67. The molecule has 2 rings (SSSR count). The zero-order valence-electron chi connectivity index (χ0n) is 11.0. The van der Waals surface area contributed by atoms with Crippen molar-refractivity contribution in [1.29, 1.82) is 0 Å². The van der Waals surface area contributed by atoms with Gasteiger partial charge in [-0.3, -0.25) is 0 Å². The molecule has 0 spiro atoms. The molecule has 0 unspecified atom stereocenters. The van der Waals surface area contributed by atoms with Gasteiger partial charge < -0.3 is 9.84 Å². The van der Waals surface area contributed by atoms with Crippen LogP contribution in [0.5, 0.6) is 0 Å². The topological polar surface area (TPSA) is 63.6 Å². The van der Waals surface area contributed by atoms with Crippen molar-refractivity contribution in [2.45, 2.75) is 9.79 Å². The van der Waals surface area contributed by atoms with Gasteiger partial charge in [0.1, 0.15) is 0 Å². The summed E-state index contributed by atoms with van der Waals surface area (Å²) in [6.07, 6.45) is 0. The average Bonchev–Trinajstić information content (AvgIpc) is 2.49. The van der Waals surface area contributed by atoms with Crippen molar-refractivity contribution < 1.29 is 19.4 Å². The second-order valence-corrected chi connectivity index (χ2v) is 5.62. The number of esters is 1. The molecule has 0 fully saturated rings. The summed E-state index contributed by atoms with van der Waals surface area (Å²) in [6, 6.07) is 11.5. The summed E-state index contributed by atoms with van der Waals surface area (Å²) in [5.41, 5.74) is 0.258. The lowest BCUT2D eigenvalue weighted by Crippen LogP contribution is -2.06. The van der Waals surface area contributed by atoms with E-state index in [1.165, 1.54) is 31.0 Å². The zero-order chi connectivity index (χ0) is 15.4. The van der Waals surface area contributed by atoms with Gasteiger partial charge in [-0.1, -0.05) is 23.4 Å². The minimum atomic E-state index is -1.09. The minimum Gasteiger partial charge on any atom is -0.478 e. The van der Waals surface area contributed by atoms with E-state index in [0.29, 0.717) is 9.92 Å². The predicted molar refractivity (Wildman–Crippen MR) is 80.3 cm³/mol. The Balaban J connectivity index is 2.40. The number of halogens is 1. The number of carbonyl (C=O) groups is 2. The third-order valence-corrected chi connectivity index (χ3v) is 4.01. The Labute approximate surface area is 130 Å². The van der Waals surface area contributed by atoms with Crippen LogP contribution >= 0.6 is 23.4 Å². The van der Waals surface area contributed by atoms with Crippen molar-refractivity contribution in [3.05, 3.63) is 58.6 Å². The zero-order valence-corrected chi connectivity index (χ0v) is 12.6. The van der Waals surface area contributed by atoms with Gasteiger partial charge in [-0.15, -0.1) is 0 Å². The van der Waals surface area contributed by atoms with Crippen molar-refractivity contribution in [1.82, 2.24) is 0 Å². The summed E-state index contributed by atoms with van der Waals surface area (Å²) >= 11 is 7.16. The summed E-state index contributed by atoms with van der Waals surface area (Å²) in [5, 5.41) is 9.62. The molecule has 0 atom stereocenters. The fourth-order valence-electron chi connectivity index (χ4n) is 1.65. The summed E-state index contributed by atoms with van der Waals surface area (Å²) in [4.78, 5) is 24.3. The quantitative estimate of drug-likeness (QED) is 0.863. The standard InChI is InChI=1S/C15H11ClO4S/c1-20-15(19)12-8-9(14(17)18)2-7-13(12)21-11-5-3-10(16)4-6-11/h2-8H,1H3,(H,17,18). The Kier molecular flexibility index (Phi) is 4.88. The summed E-state index contributed by atoms with van der Waals surface area (Å²) in [6.45, 7) is 0. The molecular weight excluding hydrogens is 312 g/mol. The number of carbonyl (C=O) groups excluding carboxylic acids is 1. The molecule has 0 bridgehead atoms. The molecule has 1 N–H and O–H groups in total. The van der Waals surface area contributed by atoms with Crippen molar-refractivity contribution in [2.24, 2.45) is 0 Å². The predicted octanol–water partition coefficient (Wildman–Crippen LogP) is 3.98. The SMILES string of the molecule is COC(=O)c1cc(C(=O)O)ccc1Sc1ccc(Cl)cc1. The maximum absolute atomic E-state index is 11.8. The Bertz CT molecular complexity index is 683. The van der Waals surface area contributed by atoms with Crippen LogP contribution in [0, 0.1) is 0 Å². The van der Waals surface area contributed by atoms with Crippen LogP contribution in [-0.2, 0) is 4.74 Å². The molecule has 0 aliphatic carbocycles. The first-order chi connectivity index (χ1) is 10.0. The van der Waals surface area contributed by atoms with Crippen LogP contribution in [0.1, 0.15) is 20.7 Å². The van der Waals surface area contributed by atoms with E-state index in [1.54, 1.807) is 18.2 Å². The molecule has 108 valence electrons. The number of ether oxygens (including phenoxy) is 1. The van der Waals surface area contributed by atoms with E-state index >= 15 is 0 Å². The normalized spacial score (nSPS) is 10.2. The van der Waals surface area contributed by atoms with Gasteiger partial charge in [0.15, 0.2) is 0 Å². The Morgan fingerprint density at radius 2 is 1.81 bits per heavy atom. The van der Waals surface area contributed by atoms with E-state index in [0.717, 1.165) is 4.90 Å². The Hall–Kier alpha value is -1.98. The second kappa shape index (κ2) is 6.65. The molecule has 0 saturated carbocycles. The van der Waals surface area contributed by atoms with E-state index < -0.39 is 11.9 Å². The maximum atomic E-state index is 11.8. The van der Waals surface area contributed by atoms with E-state index in [9.17, 15) is 9.59 Å². The number of aromatic carboxylic acids is 1. The first-order valence-corrected chi connectivity index (χ1v) is 7.10. The van der Waals surface area contributed by atoms with E-state index in [2.05, 4.69) is 0 Å². The molecule has 2 aromatic carbocycles. The molecule has 0 aliphatic rings. The van der Waals surface area contributed by atoms with Gasteiger partial charge in [-0.05, 0) is 42.5 Å². The van der Waals surface area contributed by atoms with Gasteiger partial charge >= 0.3 is 11.9 Å². The monoisotopic (exact) mass is 322 g/mol. The number of rotatable bonds is 4. The van der Waals surface area contributed by atoms with Gasteiger partial charge in [0.05, 0.1) is 18.2 Å². The lowest BCUT2D eigenvalue weighted by atomic mass is 10.1. The Morgan fingerprint density at radius 1 is 1.14 bits per heavy atom. The average molecular weight is 323 g/mol. The second-order valence-electron chi connectivity index (χ2n) is 4.06. The molecular formula is C15H11ClO4S. The van der Waals surface area contributed by atoms with Crippen molar-refractivity contribution in [3.63, 3.8) is 0 Å². The molecule has 21 heavy (non-hydrogen) atoms. The maximum Gasteiger partial charge on any atom is 0.339 e. The largest absolute Gasteiger partial charge is 0.478 e. The van der Waals surface area contributed by atoms with Crippen molar-refractivity contribution in [2.75, 3.05) is 7.11 Å². The molecule has 0 saturated heterocycles. The summed E-state index contributed by atoms with van der Waals surface area (Å²) in [7, 11) is 1.26. The number of hydrogen-bond acceptors (Lipinski definition) is 4. The highest BCUT2D eigenvalue weighted by Gasteiger charge is 2.16. The van der Waals surface area contributed by atoms with Gasteiger partial charge in [0.25, 0.3) is 0 Å². The van der Waals surface area contributed by atoms with Crippen LogP contribution in [0.25, 0.3) is 0 Å². The lowest BCUT2D eigenvalue weighted by molar-refractivity contribution is 0.0597. The van der Waals surface area contributed by atoms with Crippen molar-refractivity contribution in [3.8, 4) is 0 Å². The molecule has 0 aromatic heterocycles. The molecule has 0 amide bonds. The molecule has 6 heteroatoms. The molecule has 0 heterocycles. The number of carboxylic acid groups (broad SMARTS) is 1. The van der Waals surface area contributed by atoms with E-state index in [1.807, 2.05) is 12.1 Å². The Morgan fingerprint density at radius 3 is 2.38 bits per heavy atom. The highest BCUT2D eigenvalue weighted by Crippen LogP contribution is 2.32. The van der Waals surface area contributed by atoms with Crippen LogP contribution in [-0.4, -0.2) is 24.2 Å². The van der Waals surface area contributed by atoms with Crippen LogP contribution in [0.15, 0.2) is 52.3 Å². The van der Waals surface area contributed by atoms with Gasteiger partial charge in [0, 0.05) is 14.8 Å². The number of carboxylic acids is 1. The third kappa shape index (κ3) is 3.77. The molecule has 0 radical (unpaired) electrons. The first kappa shape index (κ1) is 15.4. The summed E-state index contributed by atoms with van der Waals surface area (Å²) in [5.74, 6) is -1.67. The fraction of sp³-hybridized carbons (Fsp3) is 0.0667. The fourth-order valence-corrected chi connectivity index (χ4v) is 2.69. The van der Waals surface area contributed by atoms with E-state index in [4.69, 9.17) is 21.4 Å². The smallest absolute Gasteiger partial charge is 0.339 e. The first-order valence-electron chi connectivity index (χ1n) is 5.90. The van der Waals surface area contributed by atoms with Crippen LogP contribution in [0.3, 0.4) is 0 Å². The number of methoxy groups -OCH3 is 1. The van der Waals surface area contributed by atoms with Gasteiger partial charge in [-0.2, -0.15) is 0 Å². The molecule has 2 aromatic rings.